The number of hydrogen-bond acceptors (Lipinski definition) is 6. The van der Waals surface area contributed by atoms with E-state index < -0.39 is 24.3 Å². The Hall–Kier alpha value is -3.81. The number of benzene rings is 2. The van der Waals surface area contributed by atoms with Gasteiger partial charge in [0.1, 0.15) is 5.56 Å². The molecule has 1 aliphatic carbocycles. The van der Waals surface area contributed by atoms with Crippen LogP contribution in [0.4, 0.5) is 5.69 Å². The van der Waals surface area contributed by atoms with Gasteiger partial charge in [-0.15, -0.1) is 0 Å². The van der Waals surface area contributed by atoms with E-state index in [4.69, 9.17) is 14.2 Å². The summed E-state index contributed by atoms with van der Waals surface area (Å²) in [6.45, 7) is 3.73. The molecule has 1 spiro atoms. The van der Waals surface area contributed by atoms with Crippen LogP contribution in [-0.2, 0) is 16.1 Å². The highest BCUT2D eigenvalue weighted by molar-refractivity contribution is 5.96. The summed E-state index contributed by atoms with van der Waals surface area (Å²) in [4.78, 5) is 25.1. The summed E-state index contributed by atoms with van der Waals surface area (Å²) in [5.74, 6) is -0.257. The molecule has 5 rings (SSSR count). The Labute approximate surface area is 197 Å². The topological polar surface area (TPSA) is 91.7 Å². The second-order valence-corrected chi connectivity index (χ2v) is 8.80. The van der Waals surface area contributed by atoms with Gasteiger partial charge in [-0.25, -0.2) is 4.79 Å². The lowest BCUT2D eigenvalue weighted by Crippen LogP contribution is -2.34. The summed E-state index contributed by atoms with van der Waals surface area (Å²) in [5.41, 5.74) is 3.28. The third kappa shape index (κ3) is 4.35. The second-order valence-electron chi connectivity index (χ2n) is 8.80. The number of anilines is 1. The summed E-state index contributed by atoms with van der Waals surface area (Å²) in [6, 6.07) is 15.2. The van der Waals surface area contributed by atoms with Crippen LogP contribution in [0.2, 0.25) is 0 Å². The minimum absolute atomic E-state index is 0.383. The molecule has 0 bridgehead atoms. The molecule has 34 heavy (non-hydrogen) atoms. The zero-order chi connectivity index (χ0) is 23.7. The molecule has 176 valence electrons. The lowest BCUT2D eigenvalue weighted by molar-refractivity contribution is -0.119. The number of aromatic nitrogens is 2. The summed E-state index contributed by atoms with van der Waals surface area (Å²) in [7, 11) is 0. The fourth-order valence-electron chi connectivity index (χ4n) is 4.59. The van der Waals surface area contributed by atoms with Gasteiger partial charge >= 0.3 is 5.97 Å². The quantitative estimate of drug-likeness (QED) is 0.548. The first-order chi connectivity index (χ1) is 16.4. The molecule has 2 aliphatic rings. The summed E-state index contributed by atoms with van der Waals surface area (Å²) in [5, 5.41) is 7.23. The number of rotatable bonds is 6. The Kier molecular flexibility index (Phi) is 5.73. The van der Waals surface area contributed by atoms with Crippen LogP contribution < -0.4 is 14.8 Å². The largest absolute Gasteiger partial charge is 0.452 e. The number of aryl methyl sites for hydroxylation is 1. The average Bonchev–Trinajstić information content (AvgIpc) is 3.50. The van der Waals surface area contributed by atoms with Crippen molar-refractivity contribution >= 4 is 17.6 Å². The molecule has 2 heterocycles. The highest BCUT2D eigenvalue weighted by atomic mass is 16.7. The van der Waals surface area contributed by atoms with Gasteiger partial charge < -0.3 is 19.5 Å². The number of carbonyl (C=O) groups is 2. The van der Waals surface area contributed by atoms with Crippen LogP contribution >= 0.6 is 0 Å². The summed E-state index contributed by atoms with van der Waals surface area (Å²) >= 11 is 0. The Morgan fingerprint density at radius 3 is 2.56 bits per heavy atom. The van der Waals surface area contributed by atoms with E-state index in [1.54, 1.807) is 29.8 Å². The highest BCUT2D eigenvalue weighted by Crippen LogP contribution is 2.47. The van der Waals surface area contributed by atoms with E-state index in [0.717, 1.165) is 31.2 Å². The number of esters is 1. The van der Waals surface area contributed by atoms with Gasteiger partial charge in [0.15, 0.2) is 18.1 Å². The molecule has 1 aliphatic heterocycles. The van der Waals surface area contributed by atoms with Crippen LogP contribution in [-0.4, -0.2) is 34.1 Å². The maximum absolute atomic E-state index is 12.7. The van der Waals surface area contributed by atoms with Crippen LogP contribution in [0.25, 0.3) is 0 Å². The number of amides is 1. The van der Waals surface area contributed by atoms with Gasteiger partial charge in [-0.1, -0.05) is 30.3 Å². The van der Waals surface area contributed by atoms with E-state index >= 15 is 0 Å². The molecule has 1 aromatic heterocycles. The molecule has 1 N–H and O–H groups in total. The van der Waals surface area contributed by atoms with Crippen molar-refractivity contribution < 1.29 is 23.8 Å². The van der Waals surface area contributed by atoms with E-state index in [9.17, 15) is 9.59 Å². The normalized spacial score (nSPS) is 15.5. The van der Waals surface area contributed by atoms with Crippen molar-refractivity contribution in [3.05, 3.63) is 71.0 Å². The van der Waals surface area contributed by atoms with Crippen molar-refractivity contribution in [1.82, 2.24) is 9.78 Å². The molecule has 0 unspecified atom stereocenters. The molecular weight excluding hydrogens is 434 g/mol. The van der Waals surface area contributed by atoms with Gasteiger partial charge in [0.05, 0.1) is 17.9 Å². The van der Waals surface area contributed by atoms with Crippen LogP contribution in [0.15, 0.2) is 48.5 Å². The average molecular weight is 462 g/mol. The Balaban J connectivity index is 1.18. The van der Waals surface area contributed by atoms with Crippen molar-refractivity contribution in [2.45, 2.75) is 51.9 Å². The highest BCUT2D eigenvalue weighted by Gasteiger charge is 2.44. The summed E-state index contributed by atoms with van der Waals surface area (Å²) < 4.78 is 19.1. The molecule has 1 fully saturated rings. The van der Waals surface area contributed by atoms with Crippen molar-refractivity contribution in [3.63, 3.8) is 0 Å². The van der Waals surface area contributed by atoms with Crippen molar-refractivity contribution in [2.75, 3.05) is 11.9 Å². The minimum atomic E-state index is -0.571. The van der Waals surface area contributed by atoms with Crippen molar-refractivity contribution in [3.8, 4) is 11.5 Å². The predicted molar refractivity (Wildman–Crippen MR) is 125 cm³/mol. The molecule has 2 aromatic carbocycles. The summed E-state index contributed by atoms with van der Waals surface area (Å²) in [6.07, 6.45) is 3.88. The Morgan fingerprint density at radius 1 is 1.06 bits per heavy atom. The predicted octanol–water partition coefficient (Wildman–Crippen LogP) is 4.39. The first-order valence-electron chi connectivity index (χ1n) is 11.5. The lowest BCUT2D eigenvalue weighted by Gasteiger charge is -2.21. The SMILES string of the molecule is Cc1nn(Cc2ccccc2)c(C)c1C(=O)OCC(=O)Nc1ccc2c(c1)OC1(CCCC1)O2. The second kappa shape index (κ2) is 8.85. The maximum atomic E-state index is 12.7. The van der Waals surface area contributed by atoms with E-state index in [2.05, 4.69) is 10.4 Å². The van der Waals surface area contributed by atoms with Crippen LogP contribution in [0.1, 0.15) is 53.0 Å². The van der Waals surface area contributed by atoms with Gasteiger partial charge in [0, 0.05) is 24.6 Å². The third-order valence-electron chi connectivity index (χ3n) is 6.28. The van der Waals surface area contributed by atoms with Gasteiger partial charge in [-0.05, 0) is 44.4 Å². The first kappa shape index (κ1) is 22.0. The molecule has 0 atom stereocenters. The molecule has 0 saturated heterocycles. The lowest BCUT2D eigenvalue weighted by atomic mass is 10.2. The van der Waals surface area contributed by atoms with Gasteiger partial charge in [0.2, 0.25) is 0 Å². The number of nitrogens with one attached hydrogen (secondary N) is 1. The molecule has 1 saturated carbocycles. The molecule has 8 nitrogen and oxygen atoms in total. The monoisotopic (exact) mass is 461 g/mol. The fourth-order valence-corrected chi connectivity index (χ4v) is 4.59. The Morgan fingerprint density at radius 2 is 1.79 bits per heavy atom. The first-order valence-corrected chi connectivity index (χ1v) is 11.5. The number of nitrogens with zero attached hydrogens (tertiary/aromatic N) is 2. The maximum Gasteiger partial charge on any atom is 0.342 e. The van der Waals surface area contributed by atoms with Crippen molar-refractivity contribution in [2.24, 2.45) is 0 Å². The zero-order valence-electron chi connectivity index (χ0n) is 19.3. The van der Waals surface area contributed by atoms with Crippen molar-refractivity contribution in [1.29, 1.82) is 0 Å². The molecule has 0 radical (unpaired) electrons. The van der Waals surface area contributed by atoms with E-state index in [1.807, 2.05) is 37.3 Å². The zero-order valence-corrected chi connectivity index (χ0v) is 19.3. The molecular formula is C26H27N3O5. The van der Waals surface area contributed by atoms with Gasteiger partial charge in [-0.3, -0.25) is 9.48 Å². The number of carbonyl (C=O) groups excluding carboxylic acids is 2. The number of ether oxygens (including phenoxy) is 3. The Bertz CT molecular complexity index is 1230. The van der Waals surface area contributed by atoms with E-state index in [0.29, 0.717) is 40.7 Å². The fraction of sp³-hybridized carbons (Fsp3) is 0.346. The van der Waals surface area contributed by atoms with Crippen LogP contribution in [0.3, 0.4) is 0 Å². The molecule has 8 heteroatoms. The smallest absolute Gasteiger partial charge is 0.342 e. The molecule has 1 amide bonds. The van der Waals surface area contributed by atoms with Gasteiger partial charge in [-0.2, -0.15) is 5.10 Å². The van der Waals surface area contributed by atoms with E-state index in [1.165, 1.54) is 0 Å². The van der Waals surface area contributed by atoms with Crippen LogP contribution in [0, 0.1) is 13.8 Å². The number of hydrogen-bond donors (Lipinski definition) is 1. The van der Waals surface area contributed by atoms with Crippen LogP contribution in [0.5, 0.6) is 11.5 Å². The molecule has 3 aromatic rings. The van der Waals surface area contributed by atoms with E-state index in [-0.39, 0.29) is 0 Å². The van der Waals surface area contributed by atoms with Gasteiger partial charge in [0.25, 0.3) is 11.7 Å². The number of fused-ring (bicyclic) bond motifs is 1. The third-order valence-corrected chi connectivity index (χ3v) is 6.28. The minimum Gasteiger partial charge on any atom is -0.452 e. The standard InChI is InChI=1S/C26H27N3O5/c1-17-24(18(2)29(28-17)15-19-8-4-3-5-9-19)25(31)32-16-23(30)27-20-10-11-21-22(14-20)34-26(33-21)12-6-7-13-26/h3-5,8-11,14H,6-7,12-13,15-16H2,1-2H3,(H,27,30).